The molecular formula is C25H34O6. The van der Waals surface area contributed by atoms with E-state index in [1.807, 2.05) is 19.9 Å². The van der Waals surface area contributed by atoms with Gasteiger partial charge in [-0.3, -0.25) is 4.79 Å². The van der Waals surface area contributed by atoms with Crippen LogP contribution >= 0.6 is 0 Å². The van der Waals surface area contributed by atoms with Crippen molar-refractivity contribution >= 4 is 11.8 Å². The van der Waals surface area contributed by atoms with Gasteiger partial charge in [-0.1, -0.05) is 50.5 Å². The van der Waals surface area contributed by atoms with Crippen LogP contribution in [0, 0.1) is 0 Å². The average Bonchev–Trinajstić information content (AvgIpc) is 2.74. The number of ether oxygens (including phenoxy) is 1. The van der Waals surface area contributed by atoms with Crippen LogP contribution in [0.1, 0.15) is 88.3 Å². The Labute approximate surface area is 184 Å². The summed E-state index contributed by atoms with van der Waals surface area (Å²) >= 11 is 0. The maximum Gasteiger partial charge on any atom is 0.351 e. The third kappa shape index (κ3) is 8.79. The Kier molecular flexibility index (Phi) is 11.3. The number of hydrogen-bond acceptors (Lipinski definition) is 6. The molecule has 0 fully saturated rings. The minimum Gasteiger partial charge on any atom is -0.507 e. The fraction of sp³-hybridized carbons (Fsp3) is 0.480. The smallest absolute Gasteiger partial charge is 0.351 e. The van der Waals surface area contributed by atoms with Gasteiger partial charge in [0.05, 0.1) is 7.11 Å². The van der Waals surface area contributed by atoms with E-state index >= 15 is 0 Å². The van der Waals surface area contributed by atoms with Gasteiger partial charge in [-0.25, -0.2) is 9.59 Å². The van der Waals surface area contributed by atoms with Crippen LogP contribution in [0.5, 0.6) is 5.75 Å². The van der Waals surface area contributed by atoms with Crippen LogP contribution in [0.25, 0.3) is 0 Å². The molecule has 6 heteroatoms. The van der Waals surface area contributed by atoms with Crippen LogP contribution in [0.3, 0.4) is 0 Å². The molecule has 0 spiro atoms. The second kappa shape index (κ2) is 13.4. The highest BCUT2D eigenvalue weighted by Crippen LogP contribution is 2.26. The third-order valence-electron chi connectivity index (χ3n) is 5.03. The van der Waals surface area contributed by atoms with Crippen LogP contribution in [0.15, 0.2) is 50.7 Å². The summed E-state index contributed by atoms with van der Waals surface area (Å²) in [5.41, 5.74) is 0.300. The lowest BCUT2D eigenvalue weighted by molar-refractivity contribution is -0.134. The lowest BCUT2D eigenvalue weighted by Crippen LogP contribution is -2.16. The van der Waals surface area contributed by atoms with Crippen molar-refractivity contribution in [1.29, 1.82) is 0 Å². The summed E-state index contributed by atoms with van der Waals surface area (Å²) in [5, 5.41) is 10.3. The highest BCUT2D eigenvalue weighted by molar-refractivity contribution is 6.09. The molecule has 1 heterocycles. The van der Waals surface area contributed by atoms with Gasteiger partial charge in [0.15, 0.2) is 5.78 Å². The Hall–Kier alpha value is -2.89. The van der Waals surface area contributed by atoms with Crippen molar-refractivity contribution in [3.8, 4) is 5.75 Å². The molecule has 170 valence electrons. The molecule has 31 heavy (non-hydrogen) atoms. The summed E-state index contributed by atoms with van der Waals surface area (Å²) in [7, 11) is 1.30. The number of rotatable bonds is 12. The van der Waals surface area contributed by atoms with Gasteiger partial charge in [-0.15, -0.1) is 0 Å². The average molecular weight is 431 g/mol. The monoisotopic (exact) mass is 430 g/mol. The predicted molar refractivity (Wildman–Crippen MR) is 121 cm³/mol. The molecule has 0 bridgehead atoms. The first-order valence-electron chi connectivity index (χ1n) is 10.7. The Bertz CT molecular complexity index is 901. The lowest BCUT2D eigenvalue weighted by Gasteiger charge is -2.11. The van der Waals surface area contributed by atoms with Crippen LogP contribution in [0.2, 0.25) is 0 Å². The van der Waals surface area contributed by atoms with E-state index in [0.717, 1.165) is 31.3 Å². The van der Waals surface area contributed by atoms with Crippen LogP contribution in [-0.2, 0) is 9.53 Å². The van der Waals surface area contributed by atoms with E-state index in [1.54, 1.807) is 19.1 Å². The minimum absolute atomic E-state index is 0.185. The van der Waals surface area contributed by atoms with Crippen LogP contribution in [0.4, 0.5) is 0 Å². The molecule has 6 nitrogen and oxygen atoms in total. The van der Waals surface area contributed by atoms with Gasteiger partial charge in [0, 0.05) is 18.1 Å². The molecule has 0 saturated heterocycles. The van der Waals surface area contributed by atoms with Crippen molar-refractivity contribution in [1.82, 2.24) is 0 Å². The maximum absolute atomic E-state index is 12.7. The van der Waals surface area contributed by atoms with E-state index in [9.17, 15) is 19.5 Å². The molecule has 1 rings (SSSR count). The van der Waals surface area contributed by atoms with Gasteiger partial charge in [0.2, 0.25) is 0 Å². The molecular weight excluding hydrogens is 396 g/mol. The Balaban J connectivity index is 2.90. The maximum atomic E-state index is 12.7. The Morgan fingerprint density at radius 2 is 1.94 bits per heavy atom. The van der Waals surface area contributed by atoms with E-state index in [1.165, 1.54) is 19.3 Å². The van der Waals surface area contributed by atoms with E-state index in [4.69, 9.17) is 4.42 Å². The molecule has 0 amide bonds. The van der Waals surface area contributed by atoms with Crippen molar-refractivity contribution < 1.29 is 23.8 Å². The zero-order valence-corrected chi connectivity index (χ0v) is 19.2. The van der Waals surface area contributed by atoms with Gasteiger partial charge in [0.25, 0.3) is 0 Å². The summed E-state index contributed by atoms with van der Waals surface area (Å²) in [4.78, 5) is 36.2. The first-order chi connectivity index (χ1) is 14.7. The molecule has 0 aliphatic carbocycles. The van der Waals surface area contributed by atoms with Gasteiger partial charge in [-0.2, -0.15) is 0 Å². The summed E-state index contributed by atoms with van der Waals surface area (Å²) in [6.45, 7) is 7.60. The van der Waals surface area contributed by atoms with E-state index in [-0.39, 0.29) is 17.2 Å². The zero-order valence-electron chi connectivity index (χ0n) is 19.2. The fourth-order valence-electron chi connectivity index (χ4n) is 2.96. The standard InChI is InChI=1S/C25H34O6/c1-6-7-8-11-17(2)14-15-19(4)24(28)23-20(26)16-21(31-25(23)29)18(3)12-9-10-13-22(27)30-5/h10,13-16,18,26H,6-9,11-12H2,1-5H3/b13-10+,17-14?,19-15+. The number of unbranched alkanes of at least 4 members (excludes halogenated alkanes) is 2. The number of aromatic hydroxyl groups is 1. The molecule has 0 aliphatic heterocycles. The van der Waals surface area contributed by atoms with Gasteiger partial charge in [0.1, 0.15) is 17.1 Å². The first kappa shape index (κ1) is 26.1. The number of allylic oxidation sites excluding steroid dienone is 5. The number of Topliss-reactive ketones (excluding diaryl/α,β-unsaturated/α-hetero) is 1. The SMILES string of the molecule is CCCCCC(C)=C/C=C(\C)C(=O)c1c(O)cc(C(C)CC/C=C/C(=O)OC)oc1=O. The third-order valence-corrected chi connectivity index (χ3v) is 5.03. The minimum atomic E-state index is -0.853. The lowest BCUT2D eigenvalue weighted by atomic mass is 9.99. The number of hydrogen-bond donors (Lipinski definition) is 1. The van der Waals surface area contributed by atoms with Gasteiger partial charge >= 0.3 is 11.6 Å². The van der Waals surface area contributed by atoms with E-state index in [2.05, 4.69) is 11.7 Å². The van der Waals surface area contributed by atoms with Gasteiger partial charge in [-0.05, 0) is 45.1 Å². The molecule has 1 N–H and O–H groups in total. The normalized spacial score (nSPS) is 13.5. The van der Waals surface area contributed by atoms with Crippen molar-refractivity contribution in [2.75, 3.05) is 7.11 Å². The van der Waals surface area contributed by atoms with Gasteiger partial charge < -0.3 is 14.3 Å². The Morgan fingerprint density at radius 1 is 1.23 bits per heavy atom. The van der Waals surface area contributed by atoms with Crippen LogP contribution in [-0.4, -0.2) is 24.0 Å². The quantitative estimate of drug-likeness (QED) is 0.152. The second-order valence-corrected chi connectivity index (χ2v) is 7.75. The van der Waals surface area contributed by atoms with E-state index in [0.29, 0.717) is 24.2 Å². The van der Waals surface area contributed by atoms with Crippen molar-refractivity contribution in [2.45, 2.75) is 72.1 Å². The molecule has 1 aromatic heterocycles. The van der Waals surface area contributed by atoms with Crippen molar-refractivity contribution in [3.63, 3.8) is 0 Å². The highest BCUT2D eigenvalue weighted by atomic mass is 16.5. The summed E-state index contributed by atoms with van der Waals surface area (Å²) in [6, 6.07) is 1.32. The number of carbonyl (C=O) groups excluding carboxylic acids is 2. The fourth-order valence-corrected chi connectivity index (χ4v) is 2.96. The topological polar surface area (TPSA) is 93.8 Å². The second-order valence-electron chi connectivity index (χ2n) is 7.75. The molecule has 1 aromatic rings. The molecule has 0 saturated carbocycles. The first-order valence-corrected chi connectivity index (χ1v) is 10.7. The van der Waals surface area contributed by atoms with Crippen LogP contribution < -0.4 is 5.63 Å². The van der Waals surface area contributed by atoms with E-state index < -0.39 is 17.4 Å². The molecule has 1 unspecified atom stereocenters. The Morgan fingerprint density at radius 3 is 2.55 bits per heavy atom. The highest BCUT2D eigenvalue weighted by Gasteiger charge is 2.21. The summed E-state index contributed by atoms with van der Waals surface area (Å²) in [6.07, 6.45) is 12.1. The number of methoxy groups -OCH3 is 1. The number of ketones is 1. The van der Waals surface area contributed by atoms with Crippen molar-refractivity contribution in [3.05, 3.63) is 63.3 Å². The number of esters is 1. The largest absolute Gasteiger partial charge is 0.507 e. The molecule has 0 aliphatic rings. The summed E-state index contributed by atoms with van der Waals surface area (Å²) in [5.74, 6) is -1.27. The summed E-state index contributed by atoms with van der Waals surface area (Å²) < 4.78 is 9.84. The molecule has 0 radical (unpaired) electrons. The van der Waals surface area contributed by atoms with Crippen molar-refractivity contribution in [2.24, 2.45) is 0 Å². The predicted octanol–water partition coefficient (Wildman–Crippen LogP) is 5.61. The zero-order chi connectivity index (χ0) is 23.4. The molecule has 0 aromatic carbocycles. The number of carbonyl (C=O) groups is 2. The molecule has 1 atom stereocenters.